The van der Waals surface area contributed by atoms with Crippen LogP contribution in [-0.4, -0.2) is 19.9 Å². The molecule has 0 aromatic carbocycles. The fourth-order valence-corrected chi connectivity index (χ4v) is 2.48. The minimum atomic E-state index is -0.0256. The van der Waals surface area contributed by atoms with Gasteiger partial charge in [-0.25, -0.2) is 0 Å². The van der Waals surface area contributed by atoms with Gasteiger partial charge < -0.3 is 9.67 Å². The number of unbranched alkanes of at least 4 members (excludes halogenated alkanes) is 6. The highest BCUT2D eigenvalue weighted by Crippen LogP contribution is 2.15. The maximum atomic E-state index is 9.25. The molecular weight excluding hydrogens is 238 g/mol. The molecule has 0 radical (unpaired) electrons. The number of rotatable bonds is 10. The lowest BCUT2D eigenvalue weighted by Gasteiger charge is -2.12. The quantitative estimate of drug-likeness (QED) is 0.658. The van der Waals surface area contributed by atoms with Gasteiger partial charge in [-0.3, -0.25) is 0 Å². The zero-order chi connectivity index (χ0) is 14.1. The minimum Gasteiger partial charge on any atom is -0.388 e. The van der Waals surface area contributed by atoms with Crippen LogP contribution < -0.4 is 0 Å². The van der Waals surface area contributed by atoms with Gasteiger partial charge in [0.05, 0.1) is 0 Å². The van der Waals surface area contributed by atoms with Crippen LogP contribution in [0.2, 0.25) is 0 Å². The van der Waals surface area contributed by atoms with Crippen LogP contribution in [0.3, 0.4) is 0 Å². The molecule has 0 unspecified atom stereocenters. The van der Waals surface area contributed by atoms with Gasteiger partial charge in [0.15, 0.2) is 5.82 Å². The summed E-state index contributed by atoms with van der Waals surface area (Å²) in [6, 6.07) is 0.316. The fraction of sp³-hybridized carbons (Fsp3) is 0.867. The largest absolute Gasteiger partial charge is 0.388 e. The highest BCUT2D eigenvalue weighted by atomic mass is 16.3. The normalized spacial score (nSPS) is 11.4. The smallest absolute Gasteiger partial charge is 0.159 e. The summed E-state index contributed by atoms with van der Waals surface area (Å²) in [5, 5.41) is 17.5. The fourth-order valence-electron chi connectivity index (χ4n) is 2.48. The van der Waals surface area contributed by atoms with E-state index in [2.05, 4.69) is 35.5 Å². The Labute approximate surface area is 117 Å². The van der Waals surface area contributed by atoms with Crippen molar-refractivity contribution < 1.29 is 5.11 Å². The van der Waals surface area contributed by atoms with Crippen LogP contribution >= 0.6 is 0 Å². The van der Waals surface area contributed by atoms with Crippen molar-refractivity contribution in [3.8, 4) is 0 Å². The minimum absolute atomic E-state index is 0.0256. The molecule has 0 amide bonds. The highest BCUT2D eigenvalue weighted by Gasteiger charge is 2.13. The lowest BCUT2D eigenvalue weighted by Crippen LogP contribution is -2.10. The van der Waals surface area contributed by atoms with Crippen molar-refractivity contribution >= 4 is 0 Å². The molecule has 0 atom stereocenters. The van der Waals surface area contributed by atoms with E-state index in [1.54, 1.807) is 0 Å². The average Bonchev–Trinajstić information content (AvgIpc) is 2.81. The van der Waals surface area contributed by atoms with Crippen LogP contribution in [-0.2, 0) is 13.0 Å². The Bertz CT molecular complexity index is 347. The summed E-state index contributed by atoms with van der Waals surface area (Å²) < 4.78 is 2.07. The SMILES string of the molecule is CCCCCCCCCc1nnc(CO)n1C(C)C. The summed E-state index contributed by atoms with van der Waals surface area (Å²) in [6.07, 6.45) is 10.1. The molecule has 0 spiro atoms. The van der Waals surface area contributed by atoms with Crippen LogP contribution in [0.4, 0.5) is 0 Å². The zero-order valence-corrected chi connectivity index (χ0v) is 12.7. The Balaban J connectivity index is 2.31. The van der Waals surface area contributed by atoms with Crippen LogP contribution in [0.25, 0.3) is 0 Å². The summed E-state index contributed by atoms with van der Waals surface area (Å²) in [5.41, 5.74) is 0. The summed E-state index contributed by atoms with van der Waals surface area (Å²) in [7, 11) is 0. The van der Waals surface area contributed by atoms with E-state index in [-0.39, 0.29) is 6.61 Å². The van der Waals surface area contributed by atoms with Crippen molar-refractivity contribution in [2.45, 2.75) is 84.8 Å². The van der Waals surface area contributed by atoms with Crippen LogP contribution in [0, 0.1) is 0 Å². The first kappa shape index (κ1) is 16.2. The van der Waals surface area contributed by atoms with E-state index in [0.29, 0.717) is 11.9 Å². The Morgan fingerprint density at radius 2 is 1.53 bits per heavy atom. The summed E-state index contributed by atoms with van der Waals surface area (Å²) in [6.45, 7) is 6.44. The van der Waals surface area contributed by atoms with E-state index in [9.17, 15) is 5.11 Å². The number of aryl methyl sites for hydroxylation is 1. The van der Waals surface area contributed by atoms with E-state index in [1.165, 1.54) is 44.9 Å². The second-order valence-corrected chi connectivity index (χ2v) is 5.53. The first-order valence-electron chi connectivity index (χ1n) is 7.74. The van der Waals surface area contributed by atoms with Crippen molar-refractivity contribution in [2.24, 2.45) is 0 Å². The second kappa shape index (κ2) is 9.08. The predicted octanol–water partition coefficient (Wildman–Crippen LogP) is 3.64. The summed E-state index contributed by atoms with van der Waals surface area (Å²) >= 11 is 0. The molecule has 4 nitrogen and oxygen atoms in total. The van der Waals surface area contributed by atoms with Crippen LogP contribution in [0.1, 0.15) is 83.4 Å². The predicted molar refractivity (Wildman–Crippen MR) is 78.0 cm³/mol. The Morgan fingerprint density at radius 3 is 2.11 bits per heavy atom. The third kappa shape index (κ3) is 5.31. The van der Waals surface area contributed by atoms with Crippen molar-refractivity contribution in [1.82, 2.24) is 14.8 Å². The molecule has 1 aromatic heterocycles. The molecule has 1 heterocycles. The van der Waals surface area contributed by atoms with E-state index in [1.807, 2.05) is 0 Å². The highest BCUT2D eigenvalue weighted by molar-refractivity contribution is 4.97. The number of hydrogen-bond donors (Lipinski definition) is 1. The molecule has 19 heavy (non-hydrogen) atoms. The maximum Gasteiger partial charge on any atom is 0.159 e. The van der Waals surface area contributed by atoms with Gasteiger partial charge in [0.2, 0.25) is 0 Å². The van der Waals surface area contributed by atoms with E-state index >= 15 is 0 Å². The van der Waals surface area contributed by atoms with E-state index in [4.69, 9.17) is 0 Å². The molecule has 0 saturated heterocycles. The van der Waals surface area contributed by atoms with Gasteiger partial charge in [0.1, 0.15) is 12.4 Å². The molecule has 1 aromatic rings. The zero-order valence-electron chi connectivity index (χ0n) is 12.7. The maximum absolute atomic E-state index is 9.25. The third-order valence-electron chi connectivity index (χ3n) is 3.50. The van der Waals surface area contributed by atoms with Crippen LogP contribution in [0.5, 0.6) is 0 Å². The first-order chi connectivity index (χ1) is 9.20. The monoisotopic (exact) mass is 267 g/mol. The number of aliphatic hydroxyl groups is 1. The lowest BCUT2D eigenvalue weighted by atomic mass is 10.1. The molecule has 4 heteroatoms. The number of nitrogens with zero attached hydrogens (tertiary/aromatic N) is 3. The topological polar surface area (TPSA) is 50.9 Å². The number of hydrogen-bond acceptors (Lipinski definition) is 3. The summed E-state index contributed by atoms with van der Waals surface area (Å²) in [4.78, 5) is 0. The van der Waals surface area contributed by atoms with Gasteiger partial charge in [0.25, 0.3) is 0 Å². The van der Waals surface area contributed by atoms with Crippen molar-refractivity contribution in [1.29, 1.82) is 0 Å². The van der Waals surface area contributed by atoms with Gasteiger partial charge in [-0.05, 0) is 20.3 Å². The van der Waals surface area contributed by atoms with Gasteiger partial charge in [-0.15, -0.1) is 10.2 Å². The van der Waals surface area contributed by atoms with Gasteiger partial charge in [-0.2, -0.15) is 0 Å². The van der Waals surface area contributed by atoms with Crippen molar-refractivity contribution in [3.05, 3.63) is 11.6 Å². The van der Waals surface area contributed by atoms with Crippen molar-refractivity contribution in [3.63, 3.8) is 0 Å². The molecular formula is C15H29N3O. The van der Waals surface area contributed by atoms with E-state index < -0.39 is 0 Å². The van der Waals surface area contributed by atoms with Crippen molar-refractivity contribution in [2.75, 3.05) is 0 Å². The molecule has 0 bridgehead atoms. The first-order valence-corrected chi connectivity index (χ1v) is 7.74. The lowest BCUT2D eigenvalue weighted by molar-refractivity contribution is 0.261. The van der Waals surface area contributed by atoms with E-state index in [0.717, 1.165) is 12.2 Å². The summed E-state index contributed by atoms with van der Waals surface area (Å²) in [5.74, 6) is 1.71. The van der Waals surface area contributed by atoms with Gasteiger partial charge in [-0.1, -0.05) is 45.4 Å². The van der Waals surface area contributed by atoms with Crippen LogP contribution in [0.15, 0.2) is 0 Å². The molecule has 0 saturated carbocycles. The molecule has 0 aliphatic rings. The molecule has 0 aliphatic heterocycles. The second-order valence-electron chi connectivity index (χ2n) is 5.53. The molecule has 110 valence electrons. The number of aromatic nitrogens is 3. The van der Waals surface area contributed by atoms with Gasteiger partial charge >= 0.3 is 0 Å². The Kier molecular flexibility index (Phi) is 7.72. The Hall–Kier alpha value is -0.900. The molecule has 0 aliphatic carbocycles. The average molecular weight is 267 g/mol. The molecule has 1 N–H and O–H groups in total. The molecule has 0 fully saturated rings. The Morgan fingerprint density at radius 1 is 0.947 bits per heavy atom. The standard InChI is InChI=1S/C15H29N3O/c1-4-5-6-7-8-9-10-11-14-16-17-15(12-19)18(14)13(2)3/h13,19H,4-12H2,1-3H3. The third-order valence-corrected chi connectivity index (χ3v) is 3.50. The van der Waals surface area contributed by atoms with Gasteiger partial charge in [0, 0.05) is 12.5 Å². The number of aliphatic hydroxyl groups excluding tert-OH is 1. The molecule has 1 rings (SSSR count).